The number of ether oxygens (including phenoxy) is 1. The van der Waals surface area contributed by atoms with E-state index in [-0.39, 0.29) is 25.3 Å². The maximum Gasteiger partial charge on any atom is 0.397 e. The van der Waals surface area contributed by atoms with Crippen molar-refractivity contribution < 1.29 is 17.9 Å². The van der Waals surface area contributed by atoms with Crippen LogP contribution in [0.5, 0.6) is 5.88 Å². The Hall–Kier alpha value is -1.26. The molecule has 82 valence electrons. The lowest BCUT2D eigenvalue weighted by Gasteiger charge is -2.18. The molecule has 0 atom stereocenters. The maximum atomic E-state index is 12.5. The molecule has 0 spiro atoms. The molecule has 0 radical (unpaired) electrons. The SMILES string of the molecule is FC(F)(F)C1(COc2ccccn2)CC1. The molecule has 0 unspecified atom stereocenters. The molecule has 0 N–H and O–H groups in total. The molecule has 2 rings (SSSR count). The highest BCUT2D eigenvalue weighted by Crippen LogP contribution is 2.57. The molecule has 1 aliphatic carbocycles. The molecule has 1 saturated carbocycles. The highest BCUT2D eigenvalue weighted by molar-refractivity contribution is 5.10. The Morgan fingerprint density at radius 3 is 2.53 bits per heavy atom. The molecule has 0 aliphatic heterocycles. The number of nitrogens with zero attached hydrogens (tertiary/aromatic N) is 1. The van der Waals surface area contributed by atoms with Crippen LogP contribution in [0.1, 0.15) is 12.8 Å². The van der Waals surface area contributed by atoms with Gasteiger partial charge in [0.2, 0.25) is 5.88 Å². The van der Waals surface area contributed by atoms with Crippen LogP contribution in [0.4, 0.5) is 13.2 Å². The average molecular weight is 217 g/mol. The smallest absolute Gasteiger partial charge is 0.397 e. The third kappa shape index (κ3) is 2.06. The van der Waals surface area contributed by atoms with Crippen LogP contribution in [0.15, 0.2) is 24.4 Å². The largest absolute Gasteiger partial charge is 0.477 e. The third-order valence-corrected chi connectivity index (χ3v) is 2.59. The predicted octanol–water partition coefficient (Wildman–Crippen LogP) is 2.80. The topological polar surface area (TPSA) is 22.1 Å². The first-order valence-corrected chi connectivity index (χ1v) is 4.64. The van der Waals surface area contributed by atoms with Gasteiger partial charge >= 0.3 is 6.18 Å². The van der Waals surface area contributed by atoms with E-state index in [0.29, 0.717) is 0 Å². The van der Waals surface area contributed by atoms with Gasteiger partial charge in [-0.3, -0.25) is 0 Å². The molecule has 0 saturated heterocycles. The van der Waals surface area contributed by atoms with Crippen LogP contribution in [0.3, 0.4) is 0 Å². The standard InChI is InChI=1S/C10H10F3NO/c11-10(12,13)9(4-5-9)7-15-8-3-1-2-6-14-8/h1-3,6H,4-5,7H2. The van der Waals surface area contributed by atoms with Crippen molar-refractivity contribution in [2.45, 2.75) is 19.0 Å². The Morgan fingerprint density at radius 1 is 1.33 bits per heavy atom. The zero-order valence-corrected chi connectivity index (χ0v) is 7.92. The Bertz CT molecular complexity index is 332. The Kier molecular flexibility index (Phi) is 2.32. The van der Waals surface area contributed by atoms with E-state index in [2.05, 4.69) is 4.98 Å². The van der Waals surface area contributed by atoms with Crippen molar-refractivity contribution in [3.8, 4) is 5.88 Å². The summed E-state index contributed by atoms with van der Waals surface area (Å²) in [6.07, 6.45) is -2.36. The van der Waals surface area contributed by atoms with Gasteiger partial charge in [-0.2, -0.15) is 13.2 Å². The summed E-state index contributed by atoms with van der Waals surface area (Å²) in [4.78, 5) is 3.80. The number of aromatic nitrogens is 1. The predicted molar refractivity (Wildman–Crippen MR) is 47.5 cm³/mol. The first kappa shape index (κ1) is 10.3. The molecule has 0 aromatic carbocycles. The van der Waals surface area contributed by atoms with Crippen LogP contribution in [0, 0.1) is 5.41 Å². The normalized spacial score (nSPS) is 18.6. The number of halogens is 3. The van der Waals surface area contributed by atoms with Gasteiger partial charge in [0.05, 0.1) is 0 Å². The molecule has 0 amide bonds. The van der Waals surface area contributed by atoms with Crippen molar-refractivity contribution in [2.75, 3.05) is 6.61 Å². The van der Waals surface area contributed by atoms with Crippen LogP contribution in [0.2, 0.25) is 0 Å². The first-order chi connectivity index (χ1) is 7.04. The molecule has 1 fully saturated rings. The van der Waals surface area contributed by atoms with Gasteiger partial charge in [0.25, 0.3) is 0 Å². The zero-order valence-electron chi connectivity index (χ0n) is 7.92. The van der Waals surface area contributed by atoms with E-state index in [1.807, 2.05) is 0 Å². The van der Waals surface area contributed by atoms with Crippen LogP contribution < -0.4 is 4.74 Å². The minimum Gasteiger partial charge on any atom is -0.477 e. The molecule has 5 heteroatoms. The first-order valence-electron chi connectivity index (χ1n) is 4.64. The summed E-state index contributed by atoms with van der Waals surface area (Å²) < 4.78 is 42.5. The summed E-state index contributed by atoms with van der Waals surface area (Å²) in [6.45, 7) is -0.326. The lowest BCUT2D eigenvalue weighted by atomic mass is 10.1. The summed E-state index contributed by atoms with van der Waals surface area (Å²) >= 11 is 0. The van der Waals surface area contributed by atoms with Gasteiger partial charge in [0.1, 0.15) is 12.0 Å². The van der Waals surface area contributed by atoms with E-state index in [1.165, 1.54) is 6.20 Å². The Balaban J connectivity index is 1.95. The highest BCUT2D eigenvalue weighted by atomic mass is 19.4. The number of hydrogen-bond acceptors (Lipinski definition) is 2. The van der Waals surface area contributed by atoms with Gasteiger partial charge in [-0.25, -0.2) is 4.98 Å². The number of rotatable bonds is 3. The van der Waals surface area contributed by atoms with Gasteiger partial charge in [-0.1, -0.05) is 6.07 Å². The monoisotopic (exact) mass is 217 g/mol. The Morgan fingerprint density at radius 2 is 2.07 bits per heavy atom. The molecule has 1 aromatic heterocycles. The number of hydrogen-bond donors (Lipinski definition) is 0. The van der Waals surface area contributed by atoms with Crippen molar-refractivity contribution in [3.63, 3.8) is 0 Å². The molecular formula is C10H10F3NO. The lowest BCUT2D eigenvalue weighted by molar-refractivity contribution is -0.194. The van der Waals surface area contributed by atoms with Crippen LogP contribution in [-0.2, 0) is 0 Å². The fraction of sp³-hybridized carbons (Fsp3) is 0.500. The highest BCUT2D eigenvalue weighted by Gasteiger charge is 2.63. The van der Waals surface area contributed by atoms with Crippen molar-refractivity contribution in [1.29, 1.82) is 0 Å². The van der Waals surface area contributed by atoms with Crippen molar-refractivity contribution in [1.82, 2.24) is 4.98 Å². The quantitative estimate of drug-likeness (QED) is 0.776. The second-order valence-electron chi connectivity index (χ2n) is 3.73. The fourth-order valence-corrected chi connectivity index (χ4v) is 1.31. The molecule has 1 heterocycles. The van der Waals surface area contributed by atoms with Gasteiger partial charge in [-0.15, -0.1) is 0 Å². The number of alkyl halides is 3. The van der Waals surface area contributed by atoms with Gasteiger partial charge in [-0.05, 0) is 18.9 Å². The lowest BCUT2D eigenvalue weighted by Crippen LogP contribution is -2.30. The summed E-state index contributed by atoms with van der Waals surface area (Å²) in [7, 11) is 0. The van der Waals surface area contributed by atoms with E-state index in [9.17, 15) is 13.2 Å². The zero-order chi connectivity index (χ0) is 10.9. The fourth-order valence-electron chi connectivity index (χ4n) is 1.31. The Labute approximate surface area is 85.1 Å². The minimum absolute atomic E-state index is 0.156. The van der Waals surface area contributed by atoms with Crippen molar-refractivity contribution in [2.24, 2.45) is 5.41 Å². The molecular weight excluding hydrogens is 207 g/mol. The van der Waals surface area contributed by atoms with Gasteiger partial charge < -0.3 is 4.74 Å². The third-order valence-electron chi connectivity index (χ3n) is 2.59. The second-order valence-corrected chi connectivity index (χ2v) is 3.73. The summed E-state index contributed by atoms with van der Waals surface area (Å²) in [5, 5.41) is 0. The molecule has 2 nitrogen and oxygen atoms in total. The van der Waals surface area contributed by atoms with Crippen LogP contribution in [0.25, 0.3) is 0 Å². The maximum absolute atomic E-state index is 12.5. The molecule has 0 bridgehead atoms. The van der Waals surface area contributed by atoms with E-state index in [0.717, 1.165) is 0 Å². The van der Waals surface area contributed by atoms with Crippen molar-refractivity contribution in [3.05, 3.63) is 24.4 Å². The van der Waals surface area contributed by atoms with E-state index in [4.69, 9.17) is 4.74 Å². The molecule has 1 aliphatic rings. The van der Waals surface area contributed by atoms with Crippen LogP contribution in [-0.4, -0.2) is 17.8 Å². The number of pyridine rings is 1. The molecule has 15 heavy (non-hydrogen) atoms. The van der Waals surface area contributed by atoms with Crippen LogP contribution >= 0.6 is 0 Å². The average Bonchev–Trinajstić information content (AvgIpc) is 2.96. The van der Waals surface area contributed by atoms with Gasteiger partial charge in [0, 0.05) is 12.3 Å². The van der Waals surface area contributed by atoms with E-state index in [1.54, 1.807) is 18.2 Å². The summed E-state index contributed by atoms with van der Waals surface area (Å²) in [5.74, 6) is 0.244. The molecule has 1 aromatic rings. The van der Waals surface area contributed by atoms with Gasteiger partial charge in [0.15, 0.2) is 0 Å². The van der Waals surface area contributed by atoms with E-state index < -0.39 is 11.6 Å². The second kappa shape index (κ2) is 3.40. The van der Waals surface area contributed by atoms with Crippen molar-refractivity contribution >= 4 is 0 Å². The summed E-state index contributed by atoms with van der Waals surface area (Å²) in [5.41, 5.74) is -1.62. The summed E-state index contributed by atoms with van der Waals surface area (Å²) in [6, 6.07) is 4.91. The minimum atomic E-state index is -4.16. The van der Waals surface area contributed by atoms with E-state index >= 15 is 0 Å².